The third-order valence-corrected chi connectivity index (χ3v) is 7.09. The predicted octanol–water partition coefficient (Wildman–Crippen LogP) is 3.09. The molecule has 2 fully saturated rings. The molecule has 10 nitrogen and oxygen atoms in total. The number of amides is 2. The molecule has 1 N–H and O–H groups in total. The van der Waals surface area contributed by atoms with Crippen LogP contribution in [-0.2, 0) is 18.8 Å². The number of likely N-dealkylation sites (tertiary alicyclic amines) is 1. The van der Waals surface area contributed by atoms with Gasteiger partial charge in [-0.05, 0) is 73.6 Å². The highest BCUT2D eigenvalue weighted by molar-refractivity contribution is 6.61. The molecule has 0 aromatic carbocycles. The zero-order valence-corrected chi connectivity index (χ0v) is 23.8. The Morgan fingerprint density at radius 1 is 1.14 bits per heavy atom. The molecule has 2 aliphatic rings. The minimum atomic E-state index is -0.689. The molecule has 0 spiro atoms. The summed E-state index contributed by atoms with van der Waals surface area (Å²) in [7, 11) is -0.545. The Morgan fingerprint density at radius 3 is 2.27 bits per heavy atom. The van der Waals surface area contributed by atoms with Crippen molar-refractivity contribution >= 4 is 24.6 Å². The van der Waals surface area contributed by atoms with E-state index in [4.69, 9.17) is 18.8 Å². The van der Waals surface area contributed by atoms with Crippen LogP contribution in [0.2, 0.25) is 0 Å². The number of hydrogen-bond donors (Lipinski definition) is 1. The highest BCUT2D eigenvalue weighted by Crippen LogP contribution is 2.36. The van der Waals surface area contributed by atoms with Gasteiger partial charge in [-0.15, -0.1) is 0 Å². The number of alkyl carbamates (subject to hydrolysis) is 1. The van der Waals surface area contributed by atoms with Crippen molar-refractivity contribution in [2.24, 2.45) is 5.92 Å². The average molecular weight is 518 g/mol. The molecule has 1 aromatic rings. The zero-order valence-electron chi connectivity index (χ0n) is 23.8. The van der Waals surface area contributed by atoms with Gasteiger partial charge in [-0.2, -0.15) is 0 Å². The zero-order chi connectivity index (χ0) is 27.6. The van der Waals surface area contributed by atoms with E-state index < -0.39 is 36.1 Å². The maximum Gasteiger partial charge on any atom is 0.498 e. The lowest BCUT2D eigenvalue weighted by molar-refractivity contribution is -0.139. The summed E-state index contributed by atoms with van der Waals surface area (Å²) >= 11 is 0. The first kappa shape index (κ1) is 29.2. The second-order valence-corrected chi connectivity index (χ2v) is 12.2. The Bertz CT molecular complexity index is 931. The van der Waals surface area contributed by atoms with Gasteiger partial charge in [0, 0.05) is 24.4 Å². The van der Waals surface area contributed by atoms with E-state index in [-0.39, 0.29) is 30.5 Å². The molecule has 0 bridgehead atoms. The van der Waals surface area contributed by atoms with Crippen LogP contribution in [0.15, 0.2) is 12.4 Å². The van der Waals surface area contributed by atoms with Gasteiger partial charge in [0.1, 0.15) is 18.2 Å². The van der Waals surface area contributed by atoms with Gasteiger partial charge in [-0.3, -0.25) is 4.79 Å². The Labute approximate surface area is 221 Å². The summed E-state index contributed by atoms with van der Waals surface area (Å²) in [6, 6.07) is -0.606. The topological polar surface area (TPSA) is 112 Å². The minimum Gasteiger partial charge on any atom is -0.461 e. The van der Waals surface area contributed by atoms with Gasteiger partial charge >= 0.3 is 19.2 Å². The fraction of sp³-hybridized carbons (Fsp3) is 0.769. The van der Waals surface area contributed by atoms with E-state index in [0.717, 1.165) is 19.3 Å². The monoisotopic (exact) mass is 518 g/mol. The molecule has 2 aliphatic heterocycles. The summed E-state index contributed by atoms with van der Waals surface area (Å²) in [5.41, 5.74) is -0.825. The highest BCUT2D eigenvalue weighted by atomic mass is 16.7. The number of rotatable bonds is 7. The summed E-state index contributed by atoms with van der Waals surface area (Å²) in [5, 5.41) is 2.77. The van der Waals surface area contributed by atoms with Crippen molar-refractivity contribution in [2.75, 3.05) is 13.2 Å². The van der Waals surface area contributed by atoms with Crippen LogP contribution < -0.4 is 15.5 Å². The molecule has 0 radical (unpaired) electrons. The highest BCUT2D eigenvalue weighted by Gasteiger charge is 2.52. The van der Waals surface area contributed by atoms with E-state index in [2.05, 4.69) is 15.3 Å². The standard InChI is InChI=1S/C26H43BN4O6/c1-17(2)20(30-23(33)35-24(3,4)5)21(32)31-13-11-10-12-19(31)16-34-22-28-14-18(15-29-22)27-36-25(6,7)26(8,9)37-27/h14-15,17,19-20H,10-13,16H2,1-9H3,(H,30,33)/t19-,20-/m1/s1. The van der Waals surface area contributed by atoms with E-state index in [1.807, 2.05) is 46.4 Å². The molecule has 3 rings (SSSR count). The first-order valence-electron chi connectivity index (χ1n) is 13.2. The summed E-state index contributed by atoms with van der Waals surface area (Å²) in [5.74, 6) is -0.236. The third kappa shape index (κ3) is 7.34. The maximum absolute atomic E-state index is 13.5. The van der Waals surface area contributed by atoms with Crippen LogP contribution in [0.5, 0.6) is 6.01 Å². The maximum atomic E-state index is 13.5. The second kappa shape index (κ2) is 11.1. The molecule has 3 heterocycles. The third-order valence-electron chi connectivity index (χ3n) is 7.09. The Hall–Kier alpha value is -2.40. The van der Waals surface area contributed by atoms with E-state index >= 15 is 0 Å². The molecule has 0 unspecified atom stereocenters. The number of hydrogen-bond acceptors (Lipinski definition) is 8. The van der Waals surface area contributed by atoms with Crippen LogP contribution in [0.4, 0.5) is 4.79 Å². The fourth-order valence-corrected chi connectivity index (χ4v) is 4.26. The van der Waals surface area contributed by atoms with Crippen molar-refractivity contribution in [3.63, 3.8) is 0 Å². The number of carbonyl (C=O) groups is 2. The lowest BCUT2D eigenvalue weighted by Crippen LogP contribution is -2.56. The van der Waals surface area contributed by atoms with Crippen LogP contribution >= 0.6 is 0 Å². The number of nitrogens with zero attached hydrogens (tertiary/aromatic N) is 3. The van der Waals surface area contributed by atoms with Crippen molar-refractivity contribution < 1.29 is 28.4 Å². The summed E-state index contributed by atoms with van der Waals surface area (Å²) in [4.78, 5) is 36.4. The Morgan fingerprint density at radius 2 is 1.73 bits per heavy atom. The van der Waals surface area contributed by atoms with E-state index in [1.54, 1.807) is 33.2 Å². The minimum absolute atomic E-state index is 0.102. The van der Waals surface area contributed by atoms with Gasteiger partial charge in [0.05, 0.1) is 17.2 Å². The lowest BCUT2D eigenvalue weighted by Gasteiger charge is -2.38. The molecule has 206 valence electrons. The Balaban J connectivity index is 1.62. The number of ether oxygens (including phenoxy) is 2. The van der Waals surface area contributed by atoms with Gasteiger partial charge in [-0.1, -0.05) is 13.8 Å². The van der Waals surface area contributed by atoms with Crippen molar-refractivity contribution in [1.82, 2.24) is 20.2 Å². The first-order valence-corrected chi connectivity index (χ1v) is 13.2. The van der Waals surface area contributed by atoms with E-state index in [1.165, 1.54) is 0 Å². The first-order chi connectivity index (χ1) is 17.1. The van der Waals surface area contributed by atoms with Crippen molar-refractivity contribution in [2.45, 2.75) is 110 Å². The molecule has 2 atom stereocenters. The van der Waals surface area contributed by atoms with Crippen LogP contribution in [0.25, 0.3) is 0 Å². The molecular weight excluding hydrogens is 475 g/mol. The number of aromatic nitrogens is 2. The molecule has 1 aromatic heterocycles. The van der Waals surface area contributed by atoms with Gasteiger partial charge in [0.2, 0.25) is 5.91 Å². The molecule has 2 amide bonds. The molecule has 11 heteroatoms. The van der Waals surface area contributed by atoms with Crippen LogP contribution in [0.3, 0.4) is 0 Å². The second-order valence-electron chi connectivity index (χ2n) is 12.2. The SMILES string of the molecule is CC(C)[C@@H](NC(=O)OC(C)(C)C)C(=O)N1CCCC[C@@H]1COc1ncc(B2OC(C)(C)C(C)(C)O2)cn1. The molecular formula is C26H43BN4O6. The number of nitrogens with one attached hydrogen (secondary N) is 1. The van der Waals surface area contributed by atoms with Gasteiger partial charge in [0.15, 0.2) is 0 Å². The van der Waals surface area contributed by atoms with Gasteiger partial charge in [-0.25, -0.2) is 14.8 Å². The van der Waals surface area contributed by atoms with Gasteiger partial charge < -0.3 is 29.0 Å². The quantitative estimate of drug-likeness (QED) is 0.549. The number of piperidine rings is 1. The van der Waals surface area contributed by atoms with Crippen LogP contribution in [0.1, 0.15) is 81.6 Å². The van der Waals surface area contributed by atoms with Crippen molar-refractivity contribution in [3.8, 4) is 6.01 Å². The summed E-state index contributed by atoms with van der Waals surface area (Å²) < 4.78 is 23.4. The predicted molar refractivity (Wildman–Crippen MR) is 141 cm³/mol. The smallest absolute Gasteiger partial charge is 0.461 e. The van der Waals surface area contributed by atoms with Crippen LogP contribution in [-0.4, -0.2) is 76.0 Å². The van der Waals surface area contributed by atoms with E-state index in [0.29, 0.717) is 12.0 Å². The van der Waals surface area contributed by atoms with Gasteiger partial charge in [0.25, 0.3) is 0 Å². The molecule has 0 aliphatic carbocycles. The van der Waals surface area contributed by atoms with Crippen molar-refractivity contribution in [1.29, 1.82) is 0 Å². The van der Waals surface area contributed by atoms with Crippen molar-refractivity contribution in [3.05, 3.63) is 12.4 Å². The molecule has 2 saturated heterocycles. The fourth-order valence-electron chi connectivity index (χ4n) is 4.26. The average Bonchev–Trinajstić information content (AvgIpc) is 3.01. The van der Waals surface area contributed by atoms with Crippen LogP contribution in [0, 0.1) is 5.92 Å². The molecule has 37 heavy (non-hydrogen) atoms. The Kier molecular flexibility index (Phi) is 8.79. The largest absolute Gasteiger partial charge is 0.498 e. The molecule has 0 saturated carbocycles. The summed E-state index contributed by atoms with van der Waals surface area (Å²) in [6.45, 7) is 18.0. The number of carbonyl (C=O) groups excluding carboxylic acids is 2. The summed E-state index contributed by atoms with van der Waals surface area (Å²) in [6.07, 6.45) is 5.39. The normalized spacial score (nSPS) is 22.1. The lowest BCUT2D eigenvalue weighted by atomic mass is 9.81. The van der Waals surface area contributed by atoms with E-state index in [9.17, 15) is 9.59 Å².